The largest absolute Gasteiger partial charge is 0.497 e. The van der Waals surface area contributed by atoms with Crippen LogP contribution in [0.2, 0.25) is 0 Å². The molecule has 2 aromatic rings. The second-order valence-electron chi connectivity index (χ2n) is 7.02. The highest BCUT2D eigenvalue weighted by atomic mass is 16.5. The molecule has 3 heteroatoms. The first kappa shape index (κ1) is 17.5. The van der Waals surface area contributed by atoms with Crippen LogP contribution in [0, 0.1) is 0 Å². The molecular formula is C22H27NO2. The van der Waals surface area contributed by atoms with Gasteiger partial charge in [-0.1, -0.05) is 36.4 Å². The van der Waals surface area contributed by atoms with Gasteiger partial charge in [0.1, 0.15) is 5.75 Å². The summed E-state index contributed by atoms with van der Waals surface area (Å²) in [6, 6.07) is 16.7. The molecule has 1 aliphatic rings. The summed E-state index contributed by atoms with van der Waals surface area (Å²) in [4.78, 5) is 12.5. The Morgan fingerprint density at radius 1 is 1.24 bits per heavy atom. The van der Waals surface area contributed by atoms with Crippen molar-refractivity contribution in [3.63, 3.8) is 0 Å². The molecule has 2 atom stereocenters. The van der Waals surface area contributed by atoms with Crippen LogP contribution in [0.3, 0.4) is 0 Å². The minimum atomic E-state index is 0.110. The first-order chi connectivity index (χ1) is 12.2. The van der Waals surface area contributed by atoms with Gasteiger partial charge in [0.15, 0.2) is 0 Å². The molecule has 0 saturated heterocycles. The molecule has 1 aliphatic carbocycles. The first-order valence-corrected chi connectivity index (χ1v) is 9.16. The summed E-state index contributed by atoms with van der Waals surface area (Å²) in [5.74, 6) is 1.36. The number of rotatable bonds is 6. The maximum Gasteiger partial charge on any atom is 0.220 e. The van der Waals surface area contributed by atoms with E-state index < -0.39 is 0 Å². The maximum atomic E-state index is 12.5. The predicted molar refractivity (Wildman–Crippen MR) is 101 cm³/mol. The molecular weight excluding hydrogens is 310 g/mol. The van der Waals surface area contributed by atoms with Gasteiger partial charge in [-0.3, -0.25) is 4.79 Å². The number of ether oxygens (including phenoxy) is 1. The fraction of sp³-hybridized carbons (Fsp3) is 0.409. The molecule has 3 nitrogen and oxygen atoms in total. The van der Waals surface area contributed by atoms with Crippen molar-refractivity contribution in [3.8, 4) is 5.75 Å². The van der Waals surface area contributed by atoms with E-state index in [4.69, 9.17) is 4.74 Å². The molecule has 3 rings (SSSR count). The summed E-state index contributed by atoms with van der Waals surface area (Å²) < 4.78 is 5.26. The lowest BCUT2D eigenvalue weighted by Crippen LogP contribution is -2.35. The summed E-state index contributed by atoms with van der Waals surface area (Å²) in [6.07, 6.45) is 4.81. The predicted octanol–water partition coefficient (Wildman–Crippen LogP) is 4.25. The number of amides is 1. The molecule has 1 amide bonds. The standard InChI is InChI=1S/C22H27NO2/c1-16(13-17-7-5-11-20(14-17)25-2)23-22(24)15-19-10-6-9-18-8-3-4-12-21(18)19/h3-5,7-8,11-12,14,16,19H,6,9-10,13,15H2,1-2H3,(H,23,24). The molecule has 0 aromatic heterocycles. The van der Waals surface area contributed by atoms with Crippen LogP contribution in [0.5, 0.6) is 5.75 Å². The van der Waals surface area contributed by atoms with E-state index in [0.717, 1.165) is 25.0 Å². The number of methoxy groups -OCH3 is 1. The van der Waals surface area contributed by atoms with E-state index in [9.17, 15) is 4.79 Å². The molecule has 132 valence electrons. The topological polar surface area (TPSA) is 38.3 Å². The molecule has 0 bridgehead atoms. The van der Waals surface area contributed by atoms with Crippen LogP contribution in [-0.4, -0.2) is 19.1 Å². The van der Waals surface area contributed by atoms with E-state index in [2.05, 4.69) is 42.6 Å². The fourth-order valence-electron chi connectivity index (χ4n) is 3.83. The van der Waals surface area contributed by atoms with Crippen molar-refractivity contribution in [2.24, 2.45) is 0 Å². The van der Waals surface area contributed by atoms with Crippen LogP contribution in [0.25, 0.3) is 0 Å². The zero-order valence-electron chi connectivity index (χ0n) is 15.1. The lowest BCUT2D eigenvalue weighted by atomic mass is 9.81. The van der Waals surface area contributed by atoms with E-state index in [0.29, 0.717) is 12.3 Å². The third kappa shape index (κ3) is 4.62. The number of nitrogens with one attached hydrogen (secondary N) is 1. The van der Waals surface area contributed by atoms with Crippen LogP contribution in [0.4, 0.5) is 0 Å². The average molecular weight is 337 g/mol. The number of fused-ring (bicyclic) bond motifs is 1. The van der Waals surface area contributed by atoms with Gasteiger partial charge in [-0.15, -0.1) is 0 Å². The molecule has 0 radical (unpaired) electrons. The minimum Gasteiger partial charge on any atom is -0.497 e. The second kappa shape index (κ2) is 8.19. The van der Waals surface area contributed by atoms with Crippen molar-refractivity contribution >= 4 is 5.91 Å². The number of carbonyl (C=O) groups excluding carboxylic acids is 1. The second-order valence-corrected chi connectivity index (χ2v) is 7.02. The Morgan fingerprint density at radius 2 is 2.08 bits per heavy atom. The summed E-state index contributed by atoms with van der Waals surface area (Å²) in [7, 11) is 1.67. The van der Waals surface area contributed by atoms with Crippen LogP contribution in [-0.2, 0) is 17.6 Å². The molecule has 0 heterocycles. The highest BCUT2D eigenvalue weighted by Gasteiger charge is 2.22. The Balaban J connectivity index is 1.56. The summed E-state index contributed by atoms with van der Waals surface area (Å²) in [5.41, 5.74) is 3.95. The highest BCUT2D eigenvalue weighted by Crippen LogP contribution is 2.33. The van der Waals surface area contributed by atoms with Gasteiger partial charge in [-0.25, -0.2) is 0 Å². The van der Waals surface area contributed by atoms with Gasteiger partial charge in [0.2, 0.25) is 5.91 Å². The summed E-state index contributed by atoms with van der Waals surface area (Å²) >= 11 is 0. The first-order valence-electron chi connectivity index (χ1n) is 9.16. The summed E-state index contributed by atoms with van der Waals surface area (Å²) in [5, 5.41) is 3.16. The SMILES string of the molecule is COc1cccc(CC(C)NC(=O)CC2CCCc3ccccc32)c1. The van der Waals surface area contributed by atoms with E-state index in [-0.39, 0.29) is 11.9 Å². The smallest absolute Gasteiger partial charge is 0.220 e. The highest BCUT2D eigenvalue weighted by molar-refractivity contribution is 5.77. The van der Waals surface area contributed by atoms with Crippen LogP contribution < -0.4 is 10.1 Å². The monoisotopic (exact) mass is 337 g/mol. The Hall–Kier alpha value is -2.29. The summed E-state index contributed by atoms with van der Waals surface area (Å²) in [6.45, 7) is 2.06. The van der Waals surface area contributed by atoms with Gasteiger partial charge >= 0.3 is 0 Å². The number of aryl methyl sites for hydroxylation is 1. The number of benzene rings is 2. The Kier molecular flexibility index (Phi) is 5.75. The van der Waals surface area contributed by atoms with Gasteiger partial charge in [0.05, 0.1) is 7.11 Å². The third-order valence-corrected chi connectivity index (χ3v) is 5.01. The number of carbonyl (C=O) groups is 1. The maximum absolute atomic E-state index is 12.5. The van der Waals surface area contributed by atoms with Gasteiger partial charge in [0, 0.05) is 12.5 Å². The molecule has 0 saturated carbocycles. The van der Waals surface area contributed by atoms with Crippen LogP contribution in [0.1, 0.15) is 48.8 Å². The molecule has 1 N–H and O–H groups in total. The van der Waals surface area contributed by atoms with Gasteiger partial charge in [-0.2, -0.15) is 0 Å². The minimum absolute atomic E-state index is 0.110. The normalized spacial score (nSPS) is 17.4. The van der Waals surface area contributed by atoms with Gasteiger partial charge < -0.3 is 10.1 Å². The molecule has 0 spiro atoms. The average Bonchev–Trinajstić information content (AvgIpc) is 2.62. The Labute approximate surface area is 150 Å². The van der Waals surface area contributed by atoms with Gasteiger partial charge in [0.25, 0.3) is 0 Å². The Morgan fingerprint density at radius 3 is 2.92 bits per heavy atom. The molecule has 0 aliphatic heterocycles. The lowest BCUT2D eigenvalue weighted by Gasteiger charge is -2.25. The van der Waals surface area contributed by atoms with Crippen molar-refractivity contribution in [2.75, 3.05) is 7.11 Å². The number of hydrogen-bond donors (Lipinski definition) is 1. The van der Waals surface area contributed by atoms with Crippen molar-refractivity contribution in [2.45, 2.75) is 51.0 Å². The molecule has 0 fully saturated rings. The lowest BCUT2D eigenvalue weighted by molar-refractivity contribution is -0.122. The van der Waals surface area contributed by atoms with E-state index in [1.54, 1.807) is 7.11 Å². The van der Waals surface area contributed by atoms with Crippen molar-refractivity contribution in [1.29, 1.82) is 0 Å². The van der Waals surface area contributed by atoms with E-state index in [1.165, 1.54) is 23.1 Å². The fourth-order valence-corrected chi connectivity index (χ4v) is 3.83. The van der Waals surface area contributed by atoms with Crippen molar-refractivity contribution in [3.05, 3.63) is 65.2 Å². The van der Waals surface area contributed by atoms with Crippen LogP contribution in [0.15, 0.2) is 48.5 Å². The zero-order valence-corrected chi connectivity index (χ0v) is 15.1. The van der Waals surface area contributed by atoms with Crippen LogP contribution >= 0.6 is 0 Å². The third-order valence-electron chi connectivity index (χ3n) is 5.01. The van der Waals surface area contributed by atoms with Crippen molar-refractivity contribution in [1.82, 2.24) is 5.32 Å². The molecule has 2 aromatic carbocycles. The van der Waals surface area contributed by atoms with Gasteiger partial charge in [-0.05, 0) is 67.3 Å². The quantitative estimate of drug-likeness (QED) is 0.855. The van der Waals surface area contributed by atoms with E-state index in [1.807, 2.05) is 18.2 Å². The van der Waals surface area contributed by atoms with E-state index >= 15 is 0 Å². The zero-order chi connectivity index (χ0) is 17.6. The van der Waals surface area contributed by atoms with Crippen molar-refractivity contribution < 1.29 is 9.53 Å². The molecule has 2 unspecified atom stereocenters. The number of hydrogen-bond acceptors (Lipinski definition) is 2. The molecule has 25 heavy (non-hydrogen) atoms. The Bertz CT molecular complexity index is 725.